The molecule has 9 nitrogen and oxygen atoms in total. The minimum atomic E-state index is -1.64. The number of allylic oxidation sites excluding steroid dienone is 22. The number of carbonyl (C=O) groups excluding carboxylic acids is 3. The van der Waals surface area contributed by atoms with Gasteiger partial charge in [-0.25, -0.2) is 0 Å². The number of nitrogens with zero attached hydrogens (tertiary/aromatic N) is 1. The maximum absolute atomic E-state index is 12.9. The van der Waals surface area contributed by atoms with Gasteiger partial charge in [0, 0.05) is 12.8 Å². The highest BCUT2D eigenvalue weighted by molar-refractivity contribution is 5.70. The van der Waals surface area contributed by atoms with Crippen molar-refractivity contribution in [3.05, 3.63) is 134 Å². The first-order valence-corrected chi connectivity index (χ1v) is 28.3. The van der Waals surface area contributed by atoms with Crippen molar-refractivity contribution in [1.82, 2.24) is 0 Å². The van der Waals surface area contributed by atoms with Gasteiger partial charge in [0.05, 0.1) is 40.3 Å². The van der Waals surface area contributed by atoms with E-state index >= 15 is 0 Å². The van der Waals surface area contributed by atoms with Crippen LogP contribution in [0.5, 0.6) is 0 Å². The second kappa shape index (κ2) is 53.7. The van der Waals surface area contributed by atoms with Crippen molar-refractivity contribution in [3.8, 4) is 0 Å². The molecule has 2 unspecified atom stereocenters. The quantitative estimate of drug-likeness (QED) is 0.0195. The zero-order valence-corrected chi connectivity index (χ0v) is 46.7. The first-order valence-electron chi connectivity index (χ1n) is 28.3. The fourth-order valence-electron chi connectivity index (χ4n) is 7.09. The first kappa shape index (κ1) is 68.4. The molecule has 0 rings (SSSR count). The molecule has 0 aromatic heterocycles. The molecule has 0 saturated heterocycles. The van der Waals surface area contributed by atoms with Gasteiger partial charge in [-0.05, 0) is 109 Å². The molecular formula is C64H103NO8. The SMILES string of the molecule is CC/C=C\C/C=C\C/C=C\C/C=C\C/C=C\C/C=C\CCCCCCCCCCC(=O)OC(COC(=O)CCCCCCC/C=C\C/C=C\C/C=C\C/C=C\C/C=C\CC)COC(OCC[N+](C)(C)C)C(=O)[O-]. The summed E-state index contributed by atoms with van der Waals surface area (Å²) in [6.07, 6.45) is 73.4. The van der Waals surface area contributed by atoms with Crippen molar-refractivity contribution in [2.24, 2.45) is 0 Å². The molecule has 0 bridgehead atoms. The van der Waals surface area contributed by atoms with E-state index in [4.69, 9.17) is 18.9 Å². The molecule has 0 saturated carbocycles. The molecule has 9 heteroatoms. The predicted molar refractivity (Wildman–Crippen MR) is 306 cm³/mol. The van der Waals surface area contributed by atoms with E-state index in [0.29, 0.717) is 23.9 Å². The number of likely N-dealkylation sites (N-methyl/N-ethyl adjacent to an activating group) is 1. The topological polar surface area (TPSA) is 111 Å². The van der Waals surface area contributed by atoms with Crippen molar-refractivity contribution in [2.45, 2.75) is 206 Å². The molecule has 0 aliphatic carbocycles. The number of rotatable bonds is 50. The standard InChI is InChI=1S/C64H103NO8/c1-6-8-10-12-14-16-18-20-22-24-26-28-29-30-31-32-33-35-37-39-41-43-45-47-49-51-53-55-62(67)73-60(59-72-64(63(68)69)70-57-56-65(3,4)5)58-71-61(66)54-52-50-48-46-44-42-40-38-36-34-27-25-23-21-19-17-15-13-11-9-7-2/h8-11,14-17,20-23,26-28,30-31,33-35,38,40,60,64H,6-7,12-13,18-19,24-25,29,32,36-37,39,41-59H2,1-5H3/b10-8-,11-9-,16-14-,17-15-,22-20-,23-21-,28-26-,31-30-,34-27-,35-33-,40-38-. The molecule has 0 spiro atoms. The Bertz CT molecular complexity index is 1650. The van der Waals surface area contributed by atoms with Gasteiger partial charge in [-0.2, -0.15) is 0 Å². The number of carboxylic acid groups (broad SMARTS) is 1. The fourth-order valence-corrected chi connectivity index (χ4v) is 7.09. The van der Waals surface area contributed by atoms with E-state index in [1.54, 1.807) is 0 Å². The minimum Gasteiger partial charge on any atom is -0.545 e. The molecule has 0 aliphatic rings. The van der Waals surface area contributed by atoms with Crippen molar-refractivity contribution < 1.29 is 42.9 Å². The second-order valence-corrected chi connectivity index (χ2v) is 19.5. The molecule has 0 fully saturated rings. The van der Waals surface area contributed by atoms with Crippen LogP contribution in [0.2, 0.25) is 0 Å². The molecule has 0 radical (unpaired) electrons. The van der Waals surface area contributed by atoms with Gasteiger partial charge in [0.1, 0.15) is 13.2 Å². The third-order valence-corrected chi connectivity index (χ3v) is 11.4. The number of carbonyl (C=O) groups is 3. The summed E-state index contributed by atoms with van der Waals surface area (Å²) >= 11 is 0. The van der Waals surface area contributed by atoms with Crippen LogP contribution in [0.1, 0.15) is 194 Å². The number of esters is 2. The second-order valence-electron chi connectivity index (χ2n) is 19.5. The Labute approximate surface area is 446 Å². The number of unbranched alkanes of at least 4 members (excludes halogenated alkanes) is 13. The lowest BCUT2D eigenvalue weighted by Gasteiger charge is -2.26. The van der Waals surface area contributed by atoms with Crippen LogP contribution >= 0.6 is 0 Å². The van der Waals surface area contributed by atoms with E-state index in [-0.39, 0.29) is 38.6 Å². The lowest BCUT2D eigenvalue weighted by molar-refractivity contribution is -0.870. The number of carboxylic acids is 1. The Balaban J connectivity index is 4.36. The highest BCUT2D eigenvalue weighted by Crippen LogP contribution is 2.14. The van der Waals surface area contributed by atoms with Crippen LogP contribution in [0.25, 0.3) is 0 Å². The monoisotopic (exact) mass is 1010 g/mol. The third kappa shape index (κ3) is 55.0. The lowest BCUT2D eigenvalue weighted by Crippen LogP contribution is -2.44. The van der Waals surface area contributed by atoms with E-state index < -0.39 is 24.3 Å². The van der Waals surface area contributed by atoms with Gasteiger partial charge in [0.25, 0.3) is 0 Å². The predicted octanol–water partition coefficient (Wildman–Crippen LogP) is 15.3. The van der Waals surface area contributed by atoms with Crippen molar-refractivity contribution >= 4 is 17.9 Å². The Morgan fingerprint density at radius 3 is 1.10 bits per heavy atom. The average Bonchev–Trinajstić information content (AvgIpc) is 3.36. The van der Waals surface area contributed by atoms with Gasteiger partial charge in [0.2, 0.25) is 0 Å². The molecule has 2 atom stereocenters. The van der Waals surface area contributed by atoms with Crippen LogP contribution in [-0.4, -0.2) is 82.3 Å². The summed E-state index contributed by atoms with van der Waals surface area (Å²) in [7, 11) is 5.90. The Morgan fingerprint density at radius 2 is 0.740 bits per heavy atom. The molecule has 0 aromatic carbocycles. The number of aliphatic carboxylic acids is 1. The number of hydrogen-bond donors (Lipinski definition) is 0. The Hall–Kier alpha value is -4.57. The number of quaternary nitrogens is 1. The molecule has 0 amide bonds. The Kier molecular flexibility index (Phi) is 50.4. The lowest BCUT2D eigenvalue weighted by atomic mass is 10.1. The van der Waals surface area contributed by atoms with Crippen LogP contribution in [0.15, 0.2) is 134 Å². The molecule has 73 heavy (non-hydrogen) atoms. The Morgan fingerprint density at radius 1 is 0.411 bits per heavy atom. The number of ether oxygens (including phenoxy) is 4. The fraction of sp³-hybridized carbons (Fsp3) is 0.609. The van der Waals surface area contributed by atoms with Gasteiger partial charge in [0.15, 0.2) is 12.4 Å². The first-order chi connectivity index (χ1) is 35.6. The summed E-state index contributed by atoms with van der Waals surface area (Å²) in [4.78, 5) is 37.3. The van der Waals surface area contributed by atoms with Crippen molar-refractivity contribution in [2.75, 3.05) is 47.5 Å². The zero-order valence-electron chi connectivity index (χ0n) is 46.7. The van der Waals surface area contributed by atoms with E-state index in [1.807, 2.05) is 21.1 Å². The van der Waals surface area contributed by atoms with E-state index in [9.17, 15) is 19.5 Å². The summed E-state index contributed by atoms with van der Waals surface area (Å²) in [6, 6.07) is 0. The highest BCUT2D eigenvalue weighted by Gasteiger charge is 2.22. The van der Waals surface area contributed by atoms with Crippen molar-refractivity contribution in [1.29, 1.82) is 0 Å². The maximum Gasteiger partial charge on any atom is 0.306 e. The molecule has 0 aliphatic heterocycles. The van der Waals surface area contributed by atoms with Crippen LogP contribution in [-0.2, 0) is 33.3 Å². The van der Waals surface area contributed by atoms with Gasteiger partial charge in [-0.1, -0.05) is 205 Å². The smallest absolute Gasteiger partial charge is 0.306 e. The maximum atomic E-state index is 12.9. The summed E-state index contributed by atoms with van der Waals surface area (Å²) in [6.45, 7) is 4.46. The van der Waals surface area contributed by atoms with Gasteiger partial charge >= 0.3 is 11.9 Å². The summed E-state index contributed by atoms with van der Waals surface area (Å²) in [5.74, 6) is -2.34. The highest BCUT2D eigenvalue weighted by atomic mass is 16.7. The summed E-state index contributed by atoms with van der Waals surface area (Å²) < 4.78 is 22.7. The average molecular weight is 1010 g/mol. The third-order valence-electron chi connectivity index (χ3n) is 11.4. The van der Waals surface area contributed by atoms with Crippen LogP contribution in [0, 0.1) is 0 Å². The van der Waals surface area contributed by atoms with Crippen LogP contribution in [0.3, 0.4) is 0 Å². The van der Waals surface area contributed by atoms with Gasteiger partial charge in [-0.3, -0.25) is 9.59 Å². The summed E-state index contributed by atoms with van der Waals surface area (Å²) in [5.41, 5.74) is 0. The van der Waals surface area contributed by atoms with Gasteiger partial charge < -0.3 is 33.3 Å². The van der Waals surface area contributed by atoms with E-state index in [2.05, 4.69) is 148 Å². The normalized spacial score (nSPS) is 13.8. The summed E-state index contributed by atoms with van der Waals surface area (Å²) in [5, 5.41) is 11.8. The number of hydrogen-bond acceptors (Lipinski definition) is 8. The molecule has 0 N–H and O–H groups in total. The van der Waals surface area contributed by atoms with Crippen LogP contribution < -0.4 is 5.11 Å². The van der Waals surface area contributed by atoms with E-state index in [1.165, 1.54) is 25.7 Å². The van der Waals surface area contributed by atoms with Crippen molar-refractivity contribution in [3.63, 3.8) is 0 Å². The van der Waals surface area contributed by atoms with Crippen LogP contribution in [0.4, 0.5) is 0 Å². The minimum absolute atomic E-state index is 0.134. The molecule has 0 aromatic rings. The van der Waals surface area contributed by atoms with E-state index in [0.717, 1.165) is 128 Å². The largest absolute Gasteiger partial charge is 0.545 e. The molecule has 412 valence electrons. The molecule has 0 heterocycles. The zero-order chi connectivity index (χ0) is 53.4. The molecular weight excluding hydrogens is 911 g/mol. The van der Waals surface area contributed by atoms with Gasteiger partial charge in [-0.15, -0.1) is 0 Å².